The van der Waals surface area contributed by atoms with Crippen molar-refractivity contribution in [1.29, 1.82) is 5.26 Å². The second-order valence-electron chi connectivity index (χ2n) is 5.06. The molecule has 2 rings (SSSR count). The molecule has 16 heavy (non-hydrogen) atoms. The molecule has 1 fully saturated rings. The van der Waals surface area contributed by atoms with Crippen molar-refractivity contribution in [3.8, 4) is 6.07 Å². The molecule has 1 aromatic rings. The van der Waals surface area contributed by atoms with Crippen LogP contribution in [0.5, 0.6) is 0 Å². The number of nitrogens with zero attached hydrogens (tertiary/aromatic N) is 1. The number of anilines is 1. The number of nitrogens with one attached hydrogen (secondary N) is 1. The van der Waals surface area contributed by atoms with Gasteiger partial charge in [0.15, 0.2) is 0 Å². The SMILES string of the molecule is CC1(CNc2cccc(C#N)c2)CCCC1. The van der Waals surface area contributed by atoms with Crippen LogP contribution in [-0.2, 0) is 0 Å². The Bertz CT molecular complexity index is 397. The summed E-state index contributed by atoms with van der Waals surface area (Å²) < 4.78 is 0. The lowest BCUT2D eigenvalue weighted by molar-refractivity contribution is 0.362. The Balaban J connectivity index is 1.96. The van der Waals surface area contributed by atoms with E-state index in [1.807, 2.05) is 24.3 Å². The predicted molar refractivity (Wildman–Crippen MR) is 66.2 cm³/mol. The molecule has 0 radical (unpaired) electrons. The summed E-state index contributed by atoms with van der Waals surface area (Å²) in [5.74, 6) is 0. The van der Waals surface area contributed by atoms with E-state index in [1.54, 1.807) is 0 Å². The maximum atomic E-state index is 8.81. The van der Waals surface area contributed by atoms with Gasteiger partial charge in [0.05, 0.1) is 11.6 Å². The number of hydrogen-bond donors (Lipinski definition) is 1. The predicted octanol–water partition coefficient (Wildman–Crippen LogP) is 3.55. The average Bonchev–Trinajstić information content (AvgIpc) is 2.75. The maximum Gasteiger partial charge on any atom is 0.0992 e. The van der Waals surface area contributed by atoms with Crippen molar-refractivity contribution in [3.05, 3.63) is 29.8 Å². The van der Waals surface area contributed by atoms with E-state index in [2.05, 4.69) is 18.3 Å². The maximum absolute atomic E-state index is 8.81. The molecule has 1 aromatic carbocycles. The molecule has 0 spiro atoms. The van der Waals surface area contributed by atoms with Gasteiger partial charge in [-0.2, -0.15) is 5.26 Å². The zero-order valence-corrected chi connectivity index (χ0v) is 9.79. The quantitative estimate of drug-likeness (QED) is 0.835. The fraction of sp³-hybridized carbons (Fsp3) is 0.500. The van der Waals surface area contributed by atoms with Crippen LogP contribution in [0.4, 0.5) is 5.69 Å². The molecule has 0 aromatic heterocycles. The van der Waals surface area contributed by atoms with Crippen molar-refractivity contribution in [2.24, 2.45) is 5.41 Å². The Kier molecular flexibility index (Phi) is 3.14. The summed E-state index contributed by atoms with van der Waals surface area (Å²) in [6.45, 7) is 3.36. The van der Waals surface area contributed by atoms with Crippen LogP contribution in [0.3, 0.4) is 0 Å². The largest absolute Gasteiger partial charge is 0.384 e. The summed E-state index contributed by atoms with van der Waals surface area (Å²) in [5, 5.41) is 12.3. The van der Waals surface area contributed by atoms with Gasteiger partial charge in [-0.25, -0.2) is 0 Å². The molecule has 0 unspecified atom stereocenters. The van der Waals surface area contributed by atoms with E-state index in [4.69, 9.17) is 5.26 Å². The summed E-state index contributed by atoms with van der Waals surface area (Å²) in [6, 6.07) is 9.87. The Labute approximate surface area is 97.3 Å². The smallest absolute Gasteiger partial charge is 0.0992 e. The summed E-state index contributed by atoms with van der Waals surface area (Å²) >= 11 is 0. The van der Waals surface area contributed by atoms with Crippen molar-refractivity contribution in [2.45, 2.75) is 32.6 Å². The summed E-state index contributed by atoms with van der Waals surface area (Å²) in [7, 11) is 0. The highest BCUT2D eigenvalue weighted by atomic mass is 14.9. The van der Waals surface area contributed by atoms with Gasteiger partial charge in [-0.05, 0) is 36.5 Å². The molecule has 1 aliphatic rings. The van der Waals surface area contributed by atoms with Gasteiger partial charge in [0.2, 0.25) is 0 Å². The average molecular weight is 214 g/mol. The molecule has 0 heterocycles. The summed E-state index contributed by atoms with van der Waals surface area (Å²) in [5.41, 5.74) is 2.23. The van der Waals surface area contributed by atoms with Gasteiger partial charge in [-0.3, -0.25) is 0 Å². The highest BCUT2D eigenvalue weighted by molar-refractivity contribution is 5.49. The van der Waals surface area contributed by atoms with Gasteiger partial charge in [0, 0.05) is 12.2 Å². The minimum absolute atomic E-state index is 0.447. The first kappa shape index (κ1) is 11.0. The zero-order chi connectivity index (χ0) is 11.4. The van der Waals surface area contributed by atoms with Crippen molar-refractivity contribution >= 4 is 5.69 Å². The van der Waals surface area contributed by atoms with Crippen molar-refractivity contribution < 1.29 is 0 Å². The molecule has 0 aliphatic heterocycles. The number of benzene rings is 1. The van der Waals surface area contributed by atoms with Crippen LogP contribution in [0.1, 0.15) is 38.2 Å². The number of rotatable bonds is 3. The molecule has 84 valence electrons. The van der Waals surface area contributed by atoms with E-state index in [9.17, 15) is 0 Å². The molecule has 1 aliphatic carbocycles. The van der Waals surface area contributed by atoms with Crippen LogP contribution in [-0.4, -0.2) is 6.54 Å². The zero-order valence-electron chi connectivity index (χ0n) is 9.79. The summed E-state index contributed by atoms with van der Waals surface area (Å²) in [6.07, 6.45) is 5.35. The molecule has 0 amide bonds. The lowest BCUT2D eigenvalue weighted by Gasteiger charge is -2.24. The van der Waals surface area contributed by atoms with Gasteiger partial charge in [-0.15, -0.1) is 0 Å². The second kappa shape index (κ2) is 4.57. The first-order chi connectivity index (χ1) is 7.72. The molecule has 0 bridgehead atoms. The van der Waals surface area contributed by atoms with Gasteiger partial charge in [0.1, 0.15) is 0 Å². The van der Waals surface area contributed by atoms with Crippen LogP contribution < -0.4 is 5.32 Å². The molecular formula is C14H18N2. The Morgan fingerprint density at radius 2 is 2.12 bits per heavy atom. The third-order valence-electron chi connectivity index (χ3n) is 3.52. The monoisotopic (exact) mass is 214 g/mol. The molecule has 2 nitrogen and oxygen atoms in total. The minimum atomic E-state index is 0.447. The van der Waals surface area contributed by atoms with Crippen LogP contribution in [0.2, 0.25) is 0 Å². The second-order valence-corrected chi connectivity index (χ2v) is 5.06. The van der Waals surface area contributed by atoms with Crippen LogP contribution in [0.25, 0.3) is 0 Å². The standard InChI is InChI=1S/C14H18N2/c1-14(7-2-3-8-14)11-16-13-6-4-5-12(9-13)10-15/h4-6,9,16H,2-3,7-8,11H2,1H3. The van der Waals surface area contributed by atoms with E-state index < -0.39 is 0 Å². The first-order valence-electron chi connectivity index (χ1n) is 5.96. The van der Waals surface area contributed by atoms with Crippen LogP contribution in [0.15, 0.2) is 24.3 Å². The van der Waals surface area contributed by atoms with Crippen LogP contribution >= 0.6 is 0 Å². The van der Waals surface area contributed by atoms with Crippen molar-refractivity contribution in [2.75, 3.05) is 11.9 Å². The first-order valence-corrected chi connectivity index (χ1v) is 5.96. The van der Waals surface area contributed by atoms with Crippen molar-refractivity contribution in [1.82, 2.24) is 0 Å². The summed E-state index contributed by atoms with van der Waals surface area (Å²) in [4.78, 5) is 0. The molecule has 0 saturated heterocycles. The molecule has 1 N–H and O–H groups in total. The number of hydrogen-bond acceptors (Lipinski definition) is 2. The Morgan fingerprint density at radius 1 is 1.38 bits per heavy atom. The molecule has 2 heteroatoms. The van der Waals surface area contributed by atoms with E-state index in [0.29, 0.717) is 5.41 Å². The normalized spacial score (nSPS) is 18.0. The Morgan fingerprint density at radius 3 is 2.81 bits per heavy atom. The van der Waals surface area contributed by atoms with Gasteiger partial charge in [0.25, 0.3) is 0 Å². The number of nitriles is 1. The van der Waals surface area contributed by atoms with Gasteiger partial charge < -0.3 is 5.32 Å². The van der Waals surface area contributed by atoms with E-state index in [1.165, 1.54) is 25.7 Å². The van der Waals surface area contributed by atoms with E-state index in [0.717, 1.165) is 17.8 Å². The Hall–Kier alpha value is -1.49. The van der Waals surface area contributed by atoms with Gasteiger partial charge >= 0.3 is 0 Å². The topological polar surface area (TPSA) is 35.8 Å². The lowest BCUT2D eigenvalue weighted by Crippen LogP contribution is -2.22. The van der Waals surface area contributed by atoms with Gasteiger partial charge in [-0.1, -0.05) is 25.8 Å². The van der Waals surface area contributed by atoms with Crippen molar-refractivity contribution in [3.63, 3.8) is 0 Å². The molecule has 0 atom stereocenters. The molecular weight excluding hydrogens is 196 g/mol. The molecule has 1 saturated carbocycles. The van der Waals surface area contributed by atoms with E-state index in [-0.39, 0.29) is 0 Å². The lowest BCUT2D eigenvalue weighted by atomic mass is 9.89. The fourth-order valence-corrected chi connectivity index (χ4v) is 2.42. The minimum Gasteiger partial charge on any atom is -0.384 e. The third-order valence-corrected chi connectivity index (χ3v) is 3.52. The van der Waals surface area contributed by atoms with Crippen LogP contribution in [0, 0.1) is 16.7 Å². The fourth-order valence-electron chi connectivity index (χ4n) is 2.42. The van der Waals surface area contributed by atoms with E-state index >= 15 is 0 Å². The highest BCUT2D eigenvalue weighted by Gasteiger charge is 2.28. The highest BCUT2D eigenvalue weighted by Crippen LogP contribution is 2.37. The third kappa shape index (κ3) is 2.55.